The highest BCUT2D eigenvalue weighted by molar-refractivity contribution is 5.72. The second-order valence-electron chi connectivity index (χ2n) is 6.71. The second-order valence-corrected chi connectivity index (χ2v) is 6.71. The predicted molar refractivity (Wildman–Crippen MR) is 109 cm³/mol. The first-order valence-corrected chi connectivity index (χ1v) is 9.70. The molecule has 28 heavy (non-hydrogen) atoms. The molecule has 2 aromatic carbocycles. The molecule has 0 aliphatic heterocycles. The average Bonchev–Trinajstić information content (AvgIpc) is 2.70. The largest absolute Gasteiger partial charge is 0.493 e. The van der Waals surface area contributed by atoms with Crippen molar-refractivity contribution in [2.75, 3.05) is 13.2 Å². The Morgan fingerprint density at radius 3 is 2.50 bits per heavy atom. The van der Waals surface area contributed by atoms with Crippen molar-refractivity contribution in [2.45, 2.75) is 45.4 Å². The van der Waals surface area contributed by atoms with Gasteiger partial charge in [-0.3, -0.25) is 9.59 Å². The number of carbonyl (C=O) groups excluding carboxylic acids is 1. The summed E-state index contributed by atoms with van der Waals surface area (Å²) in [5.74, 6) is -0.102. The molecule has 0 saturated carbocycles. The number of carboxylic acid groups (broad SMARTS) is 1. The minimum atomic E-state index is -0.781. The summed E-state index contributed by atoms with van der Waals surface area (Å²) in [6.45, 7) is 4.64. The fourth-order valence-corrected chi connectivity index (χ4v) is 2.96. The van der Waals surface area contributed by atoms with Crippen LogP contribution in [-0.2, 0) is 14.3 Å². The van der Waals surface area contributed by atoms with Crippen LogP contribution >= 0.6 is 0 Å². The van der Waals surface area contributed by atoms with Gasteiger partial charge in [-0.15, -0.1) is 0 Å². The van der Waals surface area contributed by atoms with Crippen LogP contribution in [-0.4, -0.2) is 30.3 Å². The van der Waals surface area contributed by atoms with Crippen LogP contribution in [0, 0.1) is 0 Å². The maximum Gasteiger partial charge on any atom is 0.305 e. The van der Waals surface area contributed by atoms with E-state index in [1.165, 1.54) is 0 Å². The Morgan fingerprint density at radius 2 is 1.82 bits per heavy atom. The molecule has 5 nitrogen and oxygen atoms in total. The van der Waals surface area contributed by atoms with E-state index in [4.69, 9.17) is 14.6 Å². The number of carbonyl (C=O) groups is 2. The lowest BCUT2D eigenvalue weighted by atomic mass is 9.92. The number of esters is 1. The number of ether oxygens (including phenoxy) is 2. The summed E-state index contributed by atoms with van der Waals surface area (Å²) >= 11 is 0. The molecule has 2 aromatic rings. The van der Waals surface area contributed by atoms with Gasteiger partial charge >= 0.3 is 11.9 Å². The first-order chi connectivity index (χ1) is 13.5. The summed E-state index contributed by atoms with van der Waals surface area (Å²) in [4.78, 5) is 22.3. The van der Waals surface area contributed by atoms with Crippen LogP contribution in [0.2, 0.25) is 0 Å². The fourth-order valence-electron chi connectivity index (χ4n) is 2.96. The Morgan fingerprint density at radius 1 is 1.07 bits per heavy atom. The van der Waals surface area contributed by atoms with Crippen molar-refractivity contribution >= 4 is 11.9 Å². The molecule has 1 atom stereocenters. The SMILES string of the molecule is CCOC(=O)CCCOc1ccc(C(C)CCC(=O)O)cc1-c1ccccc1. The van der Waals surface area contributed by atoms with E-state index in [1.807, 2.05) is 49.4 Å². The molecule has 0 amide bonds. The van der Waals surface area contributed by atoms with E-state index in [1.54, 1.807) is 6.92 Å². The number of hydrogen-bond acceptors (Lipinski definition) is 4. The molecule has 150 valence electrons. The van der Waals surface area contributed by atoms with Crippen LogP contribution in [0.4, 0.5) is 0 Å². The minimum absolute atomic E-state index is 0.136. The van der Waals surface area contributed by atoms with Crippen LogP contribution in [0.5, 0.6) is 5.75 Å². The van der Waals surface area contributed by atoms with Crippen LogP contribution in [0.25, 0.3) is 11.1 Å². The van der Waals surface area contributed by atoms with Gasteiger partial charge in [0.05, 0.1) is 13.2 Å². The first kappa shape index (κ1) is 21.5. The quantitative estimate of drug-likeness (QED) is 0.434. The van der Waals surface area contributed by atoms with Crippen LogP contribution in [0.3, 0.4) is 0 Å². The smallest absolute Gasteiger partial charge is 0.305 e. The van der Waals surface area contributed by atoms with Gasteiger partial charge in [-0.25, -0.2) is 0 Å². The summed E-state index contributed by atoms with van der Waals surface area (Å²) in [5, 5.41) is 8.93. The maximum absolute atomic E-state index is 11.5. The molecule has 1 unspecified atom stereocenters. The molecule has 2 rings (SSSR count). The van der Waals surface area contributed by atoms with Crippen molar-refractivity contribution in [1.82, 2.24) is 0 Å². The van der Waals surface area contributed by atoms with Crippen molar-refractivity contribution in [3.05, 3.63) is 54.1 Å². The zero-order chi connectivity index (χ0) is 20.4. The molecule has 0 heterocycles. The molecule has 0 aliphatic rings. The Kier molecular flexibility index (Phi) is 8.53. The molecule has 0 spiro atoms. The van der Waals surface area contributed by atoms with Gasteiger partial charge in [0.25, 0.3) is 0 Å². The van der Waals surface area contributed by atoms with E-state index in [0.29, 0.717) is 32.5 Å². The second kappa shape index (κ2) is 11.1. The summed E-state index contributed by atoms with van der Waals surface area (Å²) in [5.41, 5.74) is 3.09. The average molecular weight is 384 g/mol. The molecule has 0 saturated heterocycles. The van der Waals surface area contributed by atoms with Gasteiger partial charge in [0.1, 0.15) is 5.75 Å². The van der Waals surface area contributed by atoms with Crippen molar-refractivity contribution < 1.29 is 24.2 Å². The topological polar surface area (TPSA) is 72.8 Å². The Hall–Kier alpha value is -2.82. The number of rotatable bonds is 11. The number of carboxylic acids is 1. The van der Waals surface area contributed by atoms with Gasteiger partial charge in [-0.1, -0.05) is 43.3 Å². The van der Waals surface area contributed by atoms with Crippen LogP contribution in [0.15, 0.2) is 48.5 Å². The van der Waals surface area contributed by atoms with Crippen LogP contribution in [0.1, 0.15) is 51.0 Å². The number of aliphatic carboxylic acids is 1. The normalized spacial score (nSPS) is 11.6. The maximum atomic E-state index is 11.5. The van der Waals surface area contributed by atoms with Gasteiger partial charge in [-0.2, -0.15) is 0 Å². The van der Waals surface area contributed by atoms with Crippen molar-refractivity contribution in [1.29, 1.82) is 0 Å². The minimum Gasteiger partial charge on any atom is -0.493 e. The van der Waals surface area contributed by atoms with Crippen molar-refractivity contribution in [3.8, 4) is 16.9 Å². The number of hydrogen-bond donors (Lipinski definition) is 1. The summed E-state index contributed by atoms with van der Waals surface area (Å²) in [6, 6.07) is 15.9. The molecular weight excluding hydrogens is 356 g/mol. The summed E-state index contributed by atoms with van der Waals surface area (Å²) in [7, 11) is 0. The van der Waals surface area contributed by atoms with Gasteiger partial charge in [0.15, 0.2) is 0 Å². The van der Waals surface area contributed by atoms with E-state index in [-0.39, 0.29) is 18.3 Å². The molecular formula is C23H28O5. The zero-order valence-corrected chi connectivity index (χ0v) is 16.5. The highest BCUT2D eigenvalue weighted by Crippen LogP contribution is 2.34. The molecule has 0 fully saturated rings. The standard InChI is InChI=1S/C23H28O5/c1-3-27-23(26)10-7-15-28-21-13-12-19(17(2)11-14-22(24)25)16-20(21)18-8-5-4-6-9-18/h4-6,8-9,12-13,16-17H,3,7,10-11,14-15H2,1-2H3,(H,24,25). The van der Waals surface area contributed by atoms with Gasteiger partial charge < -0.3 is 14.6 Å². The van der Waals surface area contributed by atoms with Crippen LogP contribution < -0.4 is 4.74 Å². The third-order valence-electron chi connectivity index (χ3n) is 4.54. The van der Waals surface area contributed by atoms with Gasteiger partial charge in [0.2, 0.25) is 0 Å². The van der Waals surface area contributed by atoms with Crippen molar-refractivity contribution in [2.24, 2.45) is 0 Å². The Balaban J connectivity index is 2.13. The van der Waals surface area contributed by atoms with Gasteiger partial charge in [-0.05, 0) is 48.9 Å². The number of benzene rings is 2. The highest BCUT2D eigenvalue weighted by atomic mass is 16.5. The predicted octanol–water partition coefficient (Wildman–Crippen LogP) is 5.04. The lowest BCUT2D eigenvalue weighted by Gasteiger charge is -2.16. The Labute approximate surface area is 166 Å². The van der Waals surface area contributed by atoms with Crippen molar-refractivity contribution in [3.63, 3.8) is 0 Å². The lowest BCUT2D eigenvalue weighted by Crippen LogP contribution is -2.07. The van der Waals surface area contributed by atoms with E-state index in [9.17, 15) is 9.59 Å². The monoisotopic (exact) mass is 384 g/mol. The van der Waals surface area contributed by atoms with E-state index in [0.717, 1.165) is 22.4 Å². The lowest BCUT2D eigenvalue weighted by molar-refractivity contribution is -0.143. The first-order valence-electron chi connectivity index (χ1n) is 9.70. The third-order valence-corrected chi connectivity index (χ3v) is 4.54. The zero-order valence-electron chi connectivity index (χ0n) is 16.5. The molecule has 0 aromatic heterocycles. The molecule has 1 N–H and O–H groups in total. The third kappa shape index (κ3) is 6.72. The Bertz CT molecular complexity index is 770. The summed E-state index contributed by atoms with van der Waals surface area (Å²) in [6.07, 6.45) is 1.65. The van der Waals surface area contributed by atoms with E-state index in [2.05, 4.69) is 6.07 Å². The fraction of sp³-hybridized carbons (Fsp3) is 0.391. The molecule has 0 aliphatic carbocycles. The van der Waals surface area contributed by atoms with Gasteiger partial charge in [0, 0.05) is 18.4 Å². The van der Waals surface area contributed by atoms with E-state index < -0.39 is 5.97 Å². The highest BCUT2D eigenvalue weighted by Gasteiger charge is 2.13. The molecule has 0 bridgehead atoms. The summed E-state index contributed by atoms with van der Waals surface area (Å²) < 4.78 is 10.9. The van der Waals surface area contributed by atoms with E-state index >= 15 is 0 Å². The molecule has 0 radical (unpaired) electrons. The molecule has 5 heteroatoms.